The highest BCUT2D eigenvalue weighted by atomic mass is 35.5. The second-order valence-electron chi connectivity index (χ2n) is 6.23. The summed E-state index contributed by atoms with van der Waals surface area (Å²) in [5.41, 5.74) is 0.646. The number of carbonyl (C=O) groups excluding carboxylic acids is 1. The van der Waals surface area contributed by atoms with Crippen LogP contribution in [-0.4, -0.2) is 11.7 Å². The average molecular weight is 521 g/mol. The Morgan fingerprint density at radius 1 is 0.903 bits per heavy atom. The summed E-state index contributed by atoms with van der Waals surface area (Å²) in [6, 6.07) is 11.2. The minimum Gasteiger partial charge on any atom is -0.421 e. The highest BCUT2D eigenvalue weighted by molar-refractivity contribution is 6.40. The summed E-state index contributed by atoms with van der Waals surface area (Å²) in [5.74, 6) is 3.81. The van der Waals surface area contributed by atoms with Crippen molar-refractivity contribution in [2.24, 2.45) is 10.9 Å². The molecule has 2 N–H and O–H groups in total. The third kappa shape index (κ3) is 5.43. The van der Waals surface area contributed by atoms with Gasteiger partial charge in [-0.05, 0) is 42.0 Å². The van der Waals surface area contributed by atoms with Crippen LogP contribution in [0.1, 0.15) is 21.5 Å². The minimum absolute atomic E-state index is 0.00152. The van der Waals surface area contributed by atoms with E-state index in [9.17, 15) is 9.18 Å². The number of nitrogens with two attached hydrogens (primary N) is 1. The highest BCUT2D eigenvalue weighted by Gasteiger charge is 2.23. The number of benzene rings is 3. The quantitative estimate of drug-likeness (QED) is 0.127. The standard InChI is InChI=1S/C21H12Cl5FN2O2/c22-10-5-14(19(29-28)9-13-15(24)6-11(23)7-16(13)25)20(17(26)8-10)31-21(30)12-3-1-2-4-18(12)27/h1-8H,9,28H2/b29-19+. The Bertz CT molecular complexity index is 1180. The molecular weight excluding hydrogens is 509 g/mol. The van der Waals surface area contributed by atoms with Gasteiger partial charge in [-0.2, -0.15) is 5.10 Å². The molecule has 0 bridgehead atoms. The SMILES string of the molecule is N/N=C(\Cc1c(Cl)cc(Cl)cc1Cl)c1cc(Cl)cc(Cl)c1OC(=O)c1ccccc1F. The zero-order valence-electron chi connectivity index (χ0n) is 15.4. The lowest BCUT2D eigenvalue weighted by molar-refractivity contribution is 0.0729. The largest absolute Gasteiger partial charge is 0.421 e. The molecule has 0 radical (unpaired) electrons. The van der Waals surface area contributed by atoms with Crippen molar-refractivity contribution in [3.63, 3.8) is 0 Å². The molecule has 10 heteroatoms. The zero-order chi connectivity index (χ0) is 22.7. The van der Waals surface area contributed by atoms with Gasteiger partial charge in [0.1, 0.15) is 5.82 Å². The molecule has 3 aromatic carbocycles. The molecule has 0 amide bonds. The molecule has 0 unspecified atom stereocenters. The number of ether oxygens (including phenoxy) is 1. The van der Waals surface area contributed by atoms with Crippen LogP contribution in [0.25, 0.3) is 0 Å². The van der Waals surface area contributed by atoms with E-state index in [2.05, 4.69) is 5.10 Å². The summed E-state index contributed by atoms with van der Waals surface area (Å²) in [4.78, 5) is 12.6. The number of halogens is 6. The molecule has 3 rings (SSSR count). The van der Waals surface area contributed by atoms with E-state index in [1.165, 1.54) is 42.5 Å². The van der Waals surface area contributed by atoms with Crippen LogP contribution in [0.5, 0.6) is 5.75 Å². The molecule has 0 aliphatic heterocycles. The van der Waals surface area contributed by atoms with Crippen LogP contribution >= 0.6 is 58.0 Å². The Morgan fingerprint density at radius 2 is 1.48 bits per heavy atom. The number of esters is 1. The number of carbonyl (C=O) groups is 1. The van der Waals surface area contributed by atoms with E-state index in [4.69, 9.17) is 68.6 Å². The molecule has 4 nitrogen and oxygen atoms in total. The van der Waals surface area contributed by atoms with Crippen LogP contribution in [0.2, 0.25) is 25.1 Å². The van der Waals surface area contributed by atoms with Gasteiger partial charge in [-0.15, -0.1) is 0 Å². The highest BCUT2D eigenvalue weighted by Crippen LogP contribution is 2.36. The maximum atomic E-state index is 14.0. The molecule has 0 aliphatic rings. The van der Waals surface area contributed by atoms with Gasteiger partial charge in [-0.25, -0.2) is 9.18 Å². The van der Waals surface area contributed by atoms with Crippen molar-refractivity contribution < 1.29 is 13.9 Å². The maximum absolute atomic E-state index is 14.0. The summed E-state index contributed by atoms with van der Waals surface area (Å²) in [7, 11) is 0. The number of rotatable bonds is 5. The van der Waals surface area contributed by atoms with Crippen molar-refractivity contribution in [3.8, 4) is 5.75 Å². The summed E-state index contributed by atoms with van der Waals surface area (Å²) in [6.45, 7) is 0. The van der Waals surface area contributed by atoms with E-state index in [1.54, 1.807) is 0 Å². The van der Waals surface area contributed by atoms with Crippen molar-refractivity contribution in [1.82, 2.24) is 0 Å². The summed E-state index contributed by atoms with van der Waals surface area (Å²) in [5, 5.41) is 4.95. The van der Waals surface area contributed by atoms with Gasteiger partial charge in [0, 0.05) is 32.1 Å². The molecule has 3 aromatic rings. The number of nitrogens with zero attached hydrogens (tertiary/aromatic N) is 1. The molecule has 0 aromatic heterocycles. The van der Waals surface area contributed by atoms with Crippen LogP contribution in [0.15, 0.2) is 53.6 Å². The lowest BCUT2D eigenvalue weighted by Crippen LogP contribution is -2.16. The fourth-order valence-electron chi connectivity index (χ4n) is 2.77. The third-order valence-electron chi connectivity index (χ3n) is 4.21. The monoisotopic (exact) mass is 518 g/mol. The molecule has 0 heterocycles. The van der Waals surface area contributed by atoms with Crippen LogP contribution in [0.4, 0.5) is 4.39 Å². The summed E-state index contributed by atoms with van der Waals surface area (Å²) < 4.78 is 19.4. The number of hydrogen-bond acceptors (Lipinski definition) is 4. The number of hydrazone groups is 1. The molecule has 0 atom stereocenters. The van der Waals surface area contributed by atoms with Gasteiger partial charge in [-0.1, -0.05) is 70.1 Å². The van der Waals surface area contributed by atoms with Gasteiger partial charge in [0.05, 0.1) is 16.3 Å². The van der Waals surface area contributed by atoms with Gasteiger partial charge >= 0.3 is 5.97 Å². The molecule has 160 valence electrons. The maximum Gasteiger partial charge on any atom is 0.346 e. The Balaban J connectivity index is 2.04. The topological polar surface area (TPSA) is 64.7 Å². The first kappa shape index (κ1) is 23.6. The predicted octanol–water partition coefficient (Wildman–Crippen LogP) is 7.22. The number of hydrogen-bond donors (Lipinski definition) is 1. The first-order valence-electron chi connectivity index (χ1n) is 8.57. The third-order valence-corrected chi connectivity index (χ3v) is 5.61. The van der Waals surface area contributed by atoms with Gasteiger partial charge in [0.15, 0.2) is 5.75 Å². The predicted molar refractivity (Wildman–Crippen MR) is 124 cm³/mol. The molecule has 0 saturated carbocycles. The Morgan fingerprint density at radius 3 is 2.10 bits per heavy atom. The zero-order valence-corrected chi connectivity index (χ0v) is 19.2. The van der Waals surface area contributed by atoms with Crippen molar-refractivity contribution >= 4 is 69.7 Å². The fraction of sp³-hybridized carbons (Fsp3) is 0.0476. The summed E-state index contributed by atoms with van der Waals surface area (Å²) >= 11 is 30.9. The smallest absolute Gasteiger partial charge is 0.346 e. The van der Waals surface area contributed by atoms with E-state index in [1.807, 2.05) is 0 Å². The Labute approximate surface area is 202 Å². The second kappa shape index (κ2) is 10.1. The summed E-state index contributed by atoms with van der Waals surface area (Å²) in [6.07, 6.45) is 0.0479. The van der Waals surface area contributed by atoms with E-state index in [-0.39, 0.29) is 49.1 Å². The first-order chi connectivity index (χ1) is 14.7. The molecule has 0 saturated heterocycles. The van der Waals surface area contributed by atoms with E-state index in [0.29, 0.717) is 10.6 Å². The fourth-order valence-corrected chi connectivity index (χ4v) is 4.25. The lowest BCUT2D eigenvalue weighted by atomic mass is 10.0. The molecule has 0 aliphatic carbocycles. The Hall–Kier alpha value is -2.02. The van der Waals surface area contributed by atoms with Crippen molar-refractivity contribution in [1.29, 1.82) is 0 Å². The lowest BCUT2D eigenvalue weighted by Gasteiger charge is -2.15. The van der Waals surface area contributed by atoms with Crippen LogP contribution < -0.4 is 10.6 Å². The van der Waals surface area contributed by atoms with Crippen molar-refractivity contribution in [2.75, 3.05) is 0 Å². The minimum atomic E-state index is -0.956. The van der Waals surface area contributed by atoms with Crippen LogP contribution in [0, 0.1) is 5.82 Å². The van der Waals surface area contributed by atoms with E-state index >= 15 is 0 Å². The van der Waals surface area contributed by atoms with Crippen molar-refractivity contribution in [3.05, 3.63) is 96.2 Å². The van der Waals surface area contributed by atoms with Crippen molar-refractivity contribution in [2.45, 2.75) is 6.42 Å². The van der Waals surface area contributed by atoms with Gasteiger partial charge in [0.2, 0.25) is 0 Å². The van der Waals surface area contributed by atoms with Crippen LogP contribution in [0.3, 0.4) is 0 Å². The van der Waals surface area contributed by atoms with Gasteiger partial charge < -0.3 is 10.6 Å². The Kier molecular flexibility index (Phi) is 7.68. The first-order valence-corrected chi connectivity index (χ1v) is 10.5. The molecule has 0 spiro atoms. The van der Waals surface area contributed by atoms with Gasteiger partial charge in [-0.3, -0.25) is 0 Å². The van der Waals surface area contributed by atoms with Gasteiger partial charge in [0.25, 0.3) is 0 Å². The normalized spacial score (nSPS) is 11.5. The van der Waals surface area contributed by atoms with E-state index < -0.39 is 11.8 Å². The van der Waals surface area contributed by atoms with E-state index in [0.717, 1.165) is 6.07 Å². The average Bonchev–Trinajstić information content (AvgIpc) is 2.69. The molecular formula is C21H12Cl5FN2O2. The molecule has 0 fully saturated rings. The second-order valence-corrected chi connectivity index (χ2v) is 8.33. The molecule has 31 heavy (non-hydrogen) atoms. The van der Waals surface area contributed by atoms with Crippen LogP contribution in [-0.2, 0) is 6.42 Å².